The van der Waals surface area contributed by atoms with Gasteiger partial charge in [0.25, 0.3) is 12.0 Å². The van der Waals surface area contributed by atoms with Crippen LogP contribution in [0.2, 0.25) is 0 Å². The van der Waals surface area contributed by atoms with Crippen LogP contribution in [0.3, 0.4) is 0 Å². The number of aromatic nitrogens is 3. The number of aliphatic hydroxyl groups is 2. The summed E-state index contributed by atoms with van der Waals surface area (Å²) in [5.41, 5.74) is 9.17. The molecule has 1 fully saturated rings. The number of aliphatic hydroxyl groups excluding tert-OH is 2. The lowest BCUT2D eigenvalue weighted by Gasteiger charge is -2.31. The molecule has 0 spiro atoms. The van der Waals surface area contributed by atoms with Crippen molar-refractivity contribution in [2.75, 3.05) is 6.61 Å². The minimum absolute atomic E-state index is 0.0584. The van der Waals surface area contributed by atoms with Gasteiger partial charge in [0, 0.05) is 29.7 Å². The fourth-order valence-electron chi connectivity index (χ4n) is 6.30. The summed E-state index contributed by atoms with van der Waals surface area (Å²) in [5.74, 6) is 0.480. The van der Waals surface area contributed by atoms with Gasteiger partial charge in [-0.3, -0.25) is 9.36 Å². The Bertz CT molecular complexity index is 1650. The summed E-state index contributed by atoms with van der Waals surface area (Å²) in [7, 11) is 0. The molecule has 2 aromatic heterocycles. The minimum Gasteiger partial charge on any atom is -0.391 e. The first kappa shape index (κ1) is 29.3. The number of aryl methyl sites for hydroxylation is 1. The monoisotopic (exact) mass is 585 g/mol. The smallest absolute Gasteiger partial charge is 0.280 e. The molecule has 3 heterocycles. The summed E-state index contributed by atoms with van der Waals surface area (Å²) < 4.78 is 9.81. The first-order chi connectivity index (χ1) is 20.9. The number of ether oxygens (including phenoxy) is 1. The molecular weight excluding hydrogens is 546 g/mol. The van der Waals surface area contributed by atoms with E-state index in [-0.39, 0.29) is 17.7 Å². The van der Waals surface area contributed by atoms with Crippen LogP contribution >= 0.6 is 0 Å². The van der Waals surface area contributed by atoms with Crippen molar-refractivity contribution in [1.82, 2.24) is 19.7 Å². The van der Waals surface area contributed by atoms with Crippen molar-refractivity contribution < 1.29 is 19.8 Å². The van der Waals surface area contributed by atoms with Gasteiger partial charge in [0.2, 0.25) is 0 Å². The van der Waals surface area contributed by atoms with Crippen LogP contribution in [0, 0.1) is 0 Å². The molecule has 1 aliphatic heterocycles. The van der Waals surface area contributed by atoms with Gasteiger partial charge in [-0.05, 0) is 55.7 Å². The van der Waals surface area contributed by atoms with Gasteiger partial charge in [0.15, 0.2) is 5.84 Å². The maximum absolute atomic E-state index is 14.3. The van der Waals surface area contributed by atoms with Crippen LogP contribution in [0.5, 0.6) is 0 Å². The van der Waals surface area contributed by atoms with Gasteiger partial charge in [-0.2, -0.15) is 5.10 Å². The highest BCUT2D eigenvalue weighted by Gasteiger charge is 2.28. The molecule has 2 aliphatic rings. The van der Waals surface area contributed by atoms with E-state index in [9.17, 15) is 15.0 Å². The normalized spacial score (nSPS) is 21.1. The number of fused-ring (bicyclic) bond motifs is 1. The van der Waals surface area contributed by atoms with Gasteiger partial charge in [-0.1, -0.05) is 61.9 Å². The molecule has 0 radical (unpaired) electrons. The van der Waals surface area contributed by atoms with Gasteiger partial charge in [-0.15, -0.1) is 0 Å². The van der Waals surface area contributed by atoms with Crippen molar-refractivity contribution in [3.63, 3.8) is 0 Å². The van der Waals surface area contributed by atoms with Crippen LogP contribution in [-0.4, -0.2) is 55.5 Å². The molecule has 6 rings (SSSR count). The van der Waals surface area contributed by atoms with Crippen molar-refractivity contribution in [2.24, 2.45) is 4.99 Å². The van der Waals surface area contributed by atoms with Crippen LogP contribution in [0.1, 0.15) is 74.4 Å². The Hall–Kier alpha value is -3.83. The Labute approximate surface area is 250 Å². The fourth-order valence-corrected chi connectivity index (χ4v) is 6.30. The Kier molecular flexibility index (Phi) is 8.71. The standard InChI is InChI=1S/C33H39N5O5/c1-3-6-29-28(19-22-9-11-23(12-10-22)26-7-4-5-8-27(26)31-35-33(41)43-36-31)32(40)37(30-17-18-34-38(29)30)24-13-15-25(16-14-24)42-20-21(2)39/h4-5,7-12,17-18,21,24-25,33,39,41H,3,6,13-16,19-20H2,1-2H3,(H,35,36). The van der Waals surface area contributed by atoms with Crippen LogP contribution < -0.4 is 11.0 Å². The molecule has 0 bridgehead atoms. The number of aliphatic imine (C=N–C) groups is 1. The van der Waals surface area contributed by atoms with Crippen molar-refractivity contribution in [3.8, 4) is 11.1 Å². The topological polar surface area (TPSA) is 123 Å². The van der Waals surface area contributed by atoms with Crippen LogP contribution in [0.25, 0.3) is 16.8 Å². The Balaban J connectivity index is 1.30. The minimum atomic E-state index is -1.22. The first-order valence-corrected chi connectivity index (χ1v) is 15.2. The van der Waals surface area contributed by atoms with E-state index in [1.165, 1.54) is 0 Å². The molecule has 4 aromatic rings. The number of hydrogen-bond donors (Lipinski definition) is 3. The SMILES string of the molecule is CCCc1c(Cc2ccc(-c3ccccc3C3=NC(O)ON3)cc2)c(=O)n(C2CCC(OCC(C)O)CC2)c2ccnn12. The summed E-state index contributed by atoms with van der Waals surface area (Å²) >= 11 is 0. The number of hydroxylamine groups is 1. The fraction of sp³-hybridized carbons (Fsp3) is 0.424. The molecule has 3 N–H and O–H groups in total. The molecule has 2 atom stereocenters. The summed E-state index contributed by atoms with van der Waals surface area (Å²) in [6, 6.07) is 18.1. The summed E-state index contributed by atoms with van der Waals surface area (Å²) in [4.78, 5) is 23.4. The molecule has 10 nitrogen and oxygen atoms in total. The summed E-state index contributed by atoms with van der Waals surface area (Å²) in [6.07, 6.45) is 5.75. The molecule has 0 saturated heterocycles. The third-order valence-corrected chi connectivity index (χ3v) is 8.35. The molecule has 0 amide bonds. The van der Waals surface area contributed by atoms with Gasteiger partial charge in [0.05, 0.1) is 30.7 Å². The van der Waals surface area contributed by atoms with Gasteiger partial charge in [0.1, 0.15) is 5.65 Å². The van der Waals surface area contributed by atoms with Crippen molar-refractivity contribution in [2.45, 2.75) is 83.5 Å². The first-order valence-electron chi connectivity index (χ1n) is 15.2. The second kappa shape index (κ2) is 12.8. The predicted molar refractivity (Wildman–Crippen MR) is 164 cm³/mol. The molecule has 1 aliphatic carbocycles. The number of benzene rings is 2. The lowest BCUT2D eigenvalue weighted by molar-refractivity contribution is -0.102. The summed E-state index contributed by atoms with van der Waals surface area (Å²) in [5, 5.41) is 23.9. The molecule has 10 heteroatoms. The highest BCUT2D eigenvalue weighted by molar-refractivity contribution is 6.04. The van der Waals surface area contributed by atoms with E-state index in [1.807, 2.05) is 39.4 Å². The van der Waals surface area contributed by atoms with Crippen LogP contribution in [0.15, 0.2) is 70.6 Å². The van der Waals surface area contributed by atoms with E-state index < -0.39 is 12.5 Å². The van der Waals surface area contributed by atoms with Crippen molar-refractivity contribution in [1.29, 1.82) is 0 Å². The lowest BCUT2D eigenvalue weighted by atomic mass is 9.92. The molecule has 2 unspecified atom stereocenters. The van der Waals surface area contributed by atoms with E-state index in [1.54, 1.807) is 13.1 Å². The largest absolute Gasteiger partial charge is 0.391 e. The van der Waals surface area contributed by atoms with E-state index in [2.05, 4.69) is 46.8 Å². The zero-order valence-electron chi connectivity index (χ0n) is 24.6. The Morgan fingerprint density at radius 3 is 2.49 bits per heavy atom. The number of amidine groups is 1. The van der Waals surface area contributed by atoms with Gasteiger partial charge in [-0.25, -0.2) is 19.8 Å². The maximum atomic E-state index is 14.3. The third-order valence-electron chi connectivity index (χ3n) is 8.35. The molecule has 226 valence electrons. The third kappa shape index (κ3) is 6.14. The second-order valence-corrected chi connectivity index (χ2v) is 11.5. The zero-order chi connectivity index (χ0) is 29.9. The molecular formula is C33H39N5O5. The maximum Gasteiger partial charge on any atom is 0.280 e. The average molecular weight is 586 g/mol. The van der Waals surface area contributed by atoms with Gasteiger partial charge >= 0.3 is 0 Å². The number of hydrogen-bond acceptors (Lipinski definition) is 8. The van der Waals surface area contributed by atoms with Crippen molar-refractivity contribution >= 4 is 11.5 Å². The predicted octanol–water partition coefficient (Wildman–Crippen LogP) is 4.14. The Morgan fingerprint density at radius 1 is 1.07 bits per heavy atom. The van der Waals surface area contributed by atoms with Crippen molar-refractivity contribution in [3.05, 3.63) is 93.5 Å². The Morgan fingerprint density at radius 2 is 1.81 bits per heavy atom. The van der Waals surface area contributed by atoms with E-state index in [0.29, 0.717) is 18.9 Å². The lowest BCUT2D eigenvalue weighted by Crippen LogP contribution is -2.35. The van der Waals surface area contributed by atoms with E-state index in [4.69, 9.17) is 9.57 Å². The van der Waals surface area contributed by atoms with E-state index >= 15 is 0 Å². The zero-order valence-corrected chi connectivity index (χ0v) is 24.6. The number of nitrogens with one attached hydrogen (secondary N) is 1. The second-order valence-electron chi connectivity index (χ2n) is 11.5. The quantitative estimate of drug-likeness (QED) is 0.256. The molecule has 2 aromatic carbocycles. The number of nitrogens with zero attached hydrogens (tertiary/aromatic N) is 4. The van der Waals surface area contributed by atoms with Crippen LogP contribution in [-0.2, 0) is 22.4 Å². The highest BCUT2D eigenvalue weighted by Crippen LogP contribution is 2.32. The molecule has 1 saturated carbocycles. The number of rotatable bonds is 10. The highest BCUT2D eigenvalue weighted by atomic mass is 16.7. The molecule has 43 heavy (non-hydrogen) atoms. The average Bonchev–Trinajstić information content (AvgIpc) is 3.68. The van der Waals surface area contributed by atoms with Crippen LogP contribution in [0.4, 0.5) is 0 Å². The van der Waals surface area contributed by atoms with Gasteiger partial charge < -0.3 is 14.9 Å². The summed E-state index contributed by atoms with van der Waals surface area (Å²) in [6.45, 7) is 4.20. The van der Waals surface area contributed by atoms with E-state index in [0.717, 1.165) is 77.7 Å².